The van der Waals surface area contributed by atoms with Gasteiger partial charge in [0, 0.05) is 74.2 Å². The number of benzene rings is 2. The van der Waals surface area contributed by atoms with Crippen LogP contribution in [-0.2, 0) is 23.8 Å². The van der Waals surface area contributed by atoms with E-state index in [0.717, 1.165) is 38.8 Å². The van der Waals surface area contributed by atoms with Gasteiger partial charge in [0.25, 0.3) is 11.7 Å². The third-order valence-electron chi connectivity index (χ3n) is 12.4. The average Bonchev–Trinajstić information content (AvgIpc) is 3.62. The van der Waals surface area contributed by atoms with E-state index in [1.54, 1.807) is 65.8 Å². The van der Waals surface area contributed by atoms with Crippen LogP contribution in [0.2, 0.25) is 0 Å². The van der Waals surface area contributed by atoms with Gasteiger partial charge in [0.05, 0.1) is 41.0 Å². The summed E-state index contributed by atoms with van der Waals surface area (Å²) in [5, 5.41) is 49.5. The molecule has 0 unspecified atom stereocenters. The van der Waals surface area contributed by atoms with Gasteiger partial charge in [-0.25, -0.2) is 4.98 Å². The van der Waals surface area contributed by atoms with Crippen molar-refractivity contribution < 1.29 is 53.8 Å². The maximum atomic E-state index is 14.6. The van der Waals surface area contributed by atoms with Crippen LogP contribution in [0.5, 0.6) is 17.2 Å². The second kappa shape index (κ2) is 17.2. The normalized spacial score (nSPS) is 31.9. The number of aromatic hydroxyl groups is 2. The molecule has 15 heteroatoms. The number of nitrogens with zero attached hydrogens (tertiary/aromatic N) is 2. The topological polar surface area (TPSA) is 213 Å². The van der Waals surface area contributed by atoms with Crippen LogP contribution in [-0.4, -0.2) is 98.5 Å². The molecule has 9 atom stereocenters. The molecule has 1 amide bonds. The fourth-order valence-corrected chi connectivity index (χ4v) is 8.63. The minimum atomic E-state index is -1.95. The van der Waals surface area contributed by atoms with E-state index in [2.05, 4.69) is 15.2 Å². The molecule has 2 aromatic carbocycles. The van der Waals surface area contributed by atoms with E-state index in [4.69, 9.17) is 23.9 Å². The van der Waals surface area contributed by atoms with Crippen molar-refractivity contribution in [2.24, 2.45) is 23.7 Å². The number of methoxy groups -OCH3 is 1. The zero-order valence-corrected chi connectivity index (χ0v) is 35.3. The molecule has 6 rings (SSSR count). The predicted octanol–water partition coefficient (Wildman–Crippen LogP) is 6.31. The smallest absolute Gasteiger partial charge is 0.312 e. The van der Waals surface area contributed by atoms with E-state index in [0.29, 0.717) is 5.95 Å². The Morgan fingerprint density at radius 3 is 2.27 bits per heavy atom. The van der Waals surface area contributed by atoms with Crippen molar-refractivity contribution in [1.82, 2.24) is 9.97 Å². The molecule has 1 saturated heterocycles. The third kappa shape index (κ3) is 8.12. The number of aromatic nitrogens is 2. The van der Waals surface area contributed by atoms with E-state index in [1.807, 2.05) is 0 Å². The summed E-state index contributed by atoms with van der Waals surface area (Å²) in [5.41, 5.74) is 0.880. The van der Waals surface area contributed by atoms with E-state index in [9.17, 15) is 34.8 Å². The molecule has 59 heavy (non-hydrogen) atoms. The number of carbonyl (C=O) groups excluding carboxylic acids is 3. The molecule has 0 saturated carbocycles. The molecule has 0 spiro atoms. The monoisotopic (exact) mass is 818 g/mol. The van der Waals surface area contributed by atoms with Gasteiger partial charge in [-0.05, 0) is 32.8 Å². The number of hydrogen-bond donors (Lipinski definition) is 6. The lowest BCUT2D eigenvalue weighted by molar-refractivity contribution is -0.160. The number of aliphatic hydroxyl groups is 2. The summed E-state index contributed by atoms with van der Waals surface area (Å²) < 4.78 is 23.9. The van der Waals surface area contributed by atoms with Crippen molar-refractivity contribution in [2.45, 2.75) is 111 Å². The number of ether oxygens (including phenoxy) is 4. The molecule has 3 aliphatic rings. The lowest BCUT2D eigenvalue weighted by atomic mass is 9.78. The standard InChI is InChI=1S/C44H58N4O11/c1-21-15-14-16-22(2)42(55)45-34-33-32(46-43(47-33)48-18-12-10-11-13-19-48)29-30(38(34)53)37(52)26(6)40-31(29)41(54)44(8,59-40)57-20-17-28(56-9)23(3)39(58-27(7)49)25(5)36(51)24(4)35(21)50/h14-17,20-21,23-25,28,35-36,39,50-53H,10-13,18-19H2,1-9H3,(H,45,55)(H,46,47)/b15-14+,20-17+,22-16-/t21-,23-,24-,25+,28+,35+,36+,39+,44+/m1/s1. The fraction of sp³-hybridized carbons (Fsp3) is 0.545. The van der Waals surface area contributed by atoms with E-state index in [1.165, 1.54) is 27.2 Å². The Hall–Kier alpha value is -5.12. The quantitative estimate of drug-likeness (QED) is 0.127. The van der Waals surface area contributed by atoms with Crippen LogP contribution >= 0.6 is 0 Å². The van der Waals surface area contributed by atoms with Crippen LogP contribution in [0, 0.1) is 30.6 Å². The zero-order chi connectivity index (χ0) is 43.1. The Bertz CT molecular complexity index is 2200. The number of rotatable bonds is 3. The summed E-state index contributed by atoms with van der Waals surface area (Å²) in [4.78, 5) is 51.2. The van der Waals surface area contributed by atoms with Gasteiger partial charge in [0.15, 0.2) is 5.75 Å². The number of allylic oxidation sites excluding steroid dienone is 2. The summed E-state index contributed by atoms with van der Waals surface area (Å²) >= 11 is 0. The van der Waals surface area contributed by atoms with Gasteiger partial charge in [-0.15, -0.1) is 0 Å². The van der Waals surface area contributed by atoms with Crippen LogP contribution in [0.25, 0.3) is 21.8 Å². The maximum absolute atomic E-state index is 14.6. The third-order valence-corrected chi connectivity index (χ3v) is 12.4. The summed E-state index contributed by atoms with van der Waals surface area (Å²) in [7, 11) is 1.47. The summed E-state index contributed by atoms with van der Waals surface area (Å²) in [6, 6.07) is 0. The first-order chi connectivity index (χ1) is 27.9. The first kappa shape index (κ1) is 43.5. The molecule has 6 N–H and O–H groups in total. The number of imidazole rings is 1. The number of phenolic OH excluding ortho intramolecular Hbond substituents is 2. The number of ketones is 1. The summed E-state index contributed by atoms with van der Waals surface area (Å²) in [6.07, 6.45) is 7.97. The lowest BCUT2D eigenvalue weighted by Gasteiger charge is -2.38. The molecular weight excluding hydrogens is 761 g/mol. The fourth-order valence-electron chi connectivity index (χ4n) is 8.63. The van der Waals surface area contributed by atoms with Crippen molar-refractivity contribution in [3.8, 4) is 17.2 Å². The van der Waals surface area contributed by atoms with Crippen molar-refractivity contribution >= 4 is 51.1 Å². The molecule has 4 heterocycles. The largest absolute Gasteiger partial charge is 0.507 e. The molecule has 4 bridgehead atoms. The predicted molar refractivity (Wildman–Crippen MR) is 222 cm³/mol. The number of fused-ring (bicyclic) bond motifs is 1. The highest BCUT2D eigenvalue weighted by Gasteiger charge is 2.50. The number of hydrogen-bond acceptors (Lipinski definition) is 13. The SMILES string of the molecule is CO[C@H]1/C=C/O[C@@]2(C)Oc3c(C)c(O)c4c(O)c(c5[nH]c(N6CCCCCC6)nc5c4c3C2=O)NC(=O)/C(C)=C\C=C\[C@@H](C)[C@H](O)[C@@H](C)[C@H](O)[C@H](C)[C@@H](OC(C)=O)[C@@H]1C. The number of esters is 1. The first-order valence-electron chi connectivity index (χ1n) is 20.4. The van der Waals surface area contributed by atoms with Crippen LogP contribution in [0.3, 0.4) is 0 Å². The van der Waals surface area contributed by atoms with Crippen molar-refractivity contribution in [2.75, 3.05) is 30.4 Å². The number of nitrogens with one attached hydrogen (secondary N) is 2. The second-order valence-electron chi connectivity index (χ2n) is 16.5. The van der Waals surface area contributed by atoms with Gasteiger partial charge >= 0.3 is 11.8 Å². The summed E-state index contributed by atoms with van der Waals surface area (Å²) in [5.74, 6) is -6.38. The van der Waals surface area contributed by atoms with Gasteiger partial charge in [0.2, 0.25) is 5.95 Å². The van der Waals surface area contributed by atoms with Crippen LogP contribution in [0.4, 0.5) is 11.6 Å². The molecule has 0 radical (unpaired) electrons. The van der Waals surface area contributed by atoms with Gasteiger partial charge in [-0.2, -0.15) is 0 Å². The molecule has 3 aliphatic heterocycles. The van der Waals surface area contributed by atoms with E-state index < -0.39 is 77.3 Å². The minimum Gasteiger partial charge on any atom is -0.507 e. The highest BCUT2D eigenvalue weighted by Crippen LogP contribution is 2.54. The molecule has 1 fully saturated rings. The Morgan fingerprint density at radius 2 is 1.63 bits per heavy atom. The number of amides is 1. The zero-order valence-electron chi connectivity index (χ0n) is 35.3. The van der Waals surface area contributed by atoms with Crippen LogP contribution in [0.1, 0.15) is 90.1 Å². The van der Waals surface area contributed by atoms with E-state index in [-0.39, 0.29) is 55.7 Å². The van der Waals surface area contributed by atoms with Crippen LogP contribution < -0.4 is 15.0 Å². The van der Waals surface area contributed by atoms with Crippen molar-refractivity contribution in [3.63, 3.8) is 0 Å². The maximum Gasteiger partial charge on any atom is 0.312 e. The first-order valence-corrected chi connectivity index (χ1v) is 20.4. The molecular formula is C44H58N4O11. The van der Waals surface area contributed by atoms with Gasteiger partial charge < -0.3 is 54.6 Å². The number of aliphatic hydroxyl groups excluding tert-OH is 2. The molecule has 0 aliphatic carbocycles. The number of carbonyl (C=O) groups is 3. The molecule has 3 aromatic rings. The average molecular weight is 819 g/mol. The number of Topliss-reactive ketones (excluding diaryl/α,β-unsaturated/α-hetero) is 1. The molecule has 15 nitrogen and oxygen atoms in total. The number of anilines is 2. The number of aromatic amines is 1. The Labute approximate surface area is 344 Å². The van der Waals surface area contributed by atoms with Crippen molar-refractivity contribution in [1.29, 1.82) is 0 Å². The Balaban J connectivity index is 1.55. The highest BCUT2D eigenvalue weighted by molar-refractivity contribution is 6.28. The molecule has 1 aromatic heterocycles. The lowest BCUT2D eigenvalue weighted by Crippen LogP contribution is -2.46. The van der Waals surface area contributed by atoms with Crippen LogP contribution in [0.15, 0.2) is 36.1 Å². The van der Waals surface area contributed by atoms with E-state index >= 15 is 0 Å². The number of H-pyrrole nitrogens is 1. The summed E-state index contributed by atoms with van der Waals surface area (Å²) in [6.45, 7) is 14.3. The Morgan fingerprint density at radius 1 is 0.949 bits per heavy atom. The minimum absolute atomic E-state index is 0.0345. The highest BCUT2D eigenvalue weighted by atomic mass is 16.7. The van der Waals surface area contributed by atoms with Gasteiger partial charge in [-0.3, -0.25) is 14.4 Å². The Kier molecular flexibility index (Phi) is 12.7. The molecule has 320 valence electrons. The van der Waals surface area contributed by atoms with Crippen molar-refractivity contribution in [3.05, 3.63) is 47.3 Å². The van der Waals surface area contributed by atoms with Gasteiger partial charge in [0.1, 0.15) is 28.8 Å². The number of phenols is 2. The second-order valence-corrected chi connectivity index (χ2v) is 16.5. The van der Waals surface area contributed by atoms with Gasteiger partial charge in [-0.1, -0.05) is 58.8 Å².